The molecule has 0 amide bonds. The van der Waals surface area contributed by atoms with Crippen LogP contribution in [0, 0.1) is 6.92 Å². The summed E-state index contributed by atoms with van der Waals surface area (Å²) in [6.07, 6.45) is 2.02. The van der Waals surface area contributed by atoms with Gasteiger partial charge in [-0.15, -0.1) is 0 Å². The summed E-state index contributed by atoms with van der Waals surface area (Å²) in [6, 6.07) is 9.65. The zero-order chi connectivity index (χ0) is 17.3. The summed E-state index contributed by atoms with van der Waals surface area (Å²) in [7, 11) is 3.22. The number of aromatic nitrogens is 2. The largest absolute Gasteiger partial charge is 0.493 e. The Labute approximate surface area is 141 Å². The van der Waals surface area contributed by atoms with Crippen LogP contribution in [0.4, 0.5) is 0 Å². The summed E-state index contributed by atoms with van der Waals surface area (Å²) >= 11 is 0. The number of hydrogen-bond acceptors (Lipinski definition) is 4. The number of benzene rings is 1. The summed E-state index contributed by atoms with van der Waals surface area (Å²) in [5, 5.41) is 10.6. The highest BCUT2D eigenvalue weighted by Gasteiger charge is 2.20. The van der Waals surface area contributed by atoms with Gasteiger partial charge in [0.25, 0.3) is 0 Å². The number of nitrogens with zero attached hydrogens (tertiary/aromatic N) is 2. The predicted octanol–water partition coefficient (Wildman–Crippen LogP) is 3.77. The Balaban J connectivity index is 2.25. The highest BCUT2D eigenvalue weighted by molar-refractivity contribution is 5.70. The number of methoxy groups -OCH3 is 2. The monoisotopic (exact) mass is 326 g/mol. The molecule has 0 fully saturated rings. The van der Waals surface area contributed by atoms with Gasteiger partial charge in [-0.25, -0.2) is 4.98 Å². The minimum atomic E-state index is -0.593. The van der Waals surface area contributed by atoms with Gasteiger partial charge >= 0.3 is 0 Å². The minimum absolute atomic E-state index is 0.593. The molecule has 0 saturated heterocycles. The molecule has 0 aliphatic carbocycles. The van der Waals surface area contributed by atoms with Crippen molar-refractivity contribution in [3.63, 3.8) is 0 Å². The van der Waals surface area contributed by atoms with Gasteiger partial charge in [0, 0.05) is 11.8 Å². The SMILES string of the molecule is CCC(O)c1c(-c2ccc(OC)c(OC)c2)nc2ccc(C)cn12. The fraction of sp³-hybridized carbons (Fsp3) is 0.316. The van der Waals surface area contributed by atoms with E-state index in [0.717, 1.165) is 28.2 Å². The van der Waals surface area contributed by atoms with Crippen molar-refractivity contribution in [1.29, 1.82) is 0 Å². The van der Waals surface area contributed by atoms with Gasteiger partial charge in [0.1, 0.15) is 5.65 Å². The number of fused-ring (bicyclic) bond motifs is 1. The first-order valence-electron chi connectivity index (χ1n) is 7.98. The second-order valence-corrected chi connectivity index (χ2v) is 5.77. The maximum Gasteiger partial charge on any atom is 0.161 e. The summed E-state index contributed by atoms with van der Waals surface area (Å²) in [5.41, 5.74) is 4.37. The highest BCUT2D eigenvalue weighted by Crippen LogP contribution is 2.36. The minimum Gasteiger partial charge on any atom is -0.493 e. The van der Waals surface area contributed by atoms with E-state index in [9.17, 15) is 5.11 Å². The van der Waals surface area contributed by atoms with E-state index < -0.39 is 6.10 Å². The molecule has 0 saturated carbocycles. The van der Waals surface area contributed by atoms with E-state index in [0.29, 0.717) is 17.9 Å². The van der Waals surface area contributed by atoms with Crippen molar-refractivity contribution in [1.82, 2.24) is 9.38 Å². The molecule has 0 spiro atoms. The van der Waals surface area contributed by atoms with Crippen LogP contribution in [0.1, 0.15) is 30.7 Å². The number of aryl methyl sites for hydroxylation is 1. The lowest BCUT2D eigenvalue weighted by Gasteiger charge is -2.13. The van der Waals surface area contributed by atoms with Crippen molar-refractivity contribution in [2.24, 2.45) is 0 Å². The normalized spacial score (nSPS) is 12.4. The van der Waals surface area contributed by atoms with Crippen LogP contribution in [0.5, 0.6) is 11.5 Å². The van der Waals surface area contributed by atoms with Gasteiger partial charge < -0.3 is 19.0 Å². The van der Waals surface area contributed by atoms with Gasteiger partial charge in [-0.05, 0) is 43.2 Å². The average molecular weight is 326 g/mol. The van der Waals surface area contributed by atoms with Crippen molar-refractivity contribution >= 4 is 5.65 Å². The molecule has 0 bridgehead atoms. The molecule has 2 aromatic heterocycles. The van der Waals surface area contributed by atoms with E-state index in [1.807, 2.05) is 54.8 Å². The fourth-order valence-corrected chi connectivity index (χ4v) is 2.88. The number of hydrogen-bond donors (Lipinski definition) is 1. The Hall–Kier alpha value is -2.53. The number of imidazole rings is 1. The standard InChI is InChI=1S/C19H22N2O3/c1-5-14(22)19-18(20-17-9-6-12(2)11-21(17)19)13-7-8-15(23-3)16(10-13)24-4/h6-11,14,22H,5H2,1-4H3. The third-order valence-electron chi connectivity index (χ3n) is 4.16. The van der Waals surface area contributed by atoms with E-state index >= 15 is 0 Å². The molecule has 0 aliphatic heterocycles. The molecule has 5 heteroatoms. The molecule has 3 rings (SSSR count). The molecule has 1 atom stereocenters. The second kappa shape index (κ2) is 6.53. The molecule has 3 aromatic rings. The van der Waals surface area contributed by atoms with Crippen LogP contribution in [-0.4, -0.2) is 28.7 Å². The molecule has 1 aromatic carbocycles. The quantitative estimate of drug-likeness (QED) is 0.775. The lowest BCUT2D eigenvalue weighted by atomic mass is 10.1. The van der Waals surface area contributed by atoms with Crippen LogP contribution in [0.2, 0.25) is 0 Å². The first-order chi connectivity index (χ1) is 11.6. The van der Waals surface area contributed by atoms with Crippen molar-refractivity contribution in [2.45, 2.75) is 26.4 Å². The van der Waals surface area contributed by atoms with Crippen molar-refractivity contribution in [3.8, 4) is 22.8 Å². The fourth-order valence-electron chi connectivity index (χ4n) is 2.88. The number of ether oxygens (including phenoxy) is 2. The third kappa shape index (κ3) is 2.71. The molecule has 126 valence electrons. The van der Waals surface area contributed by atoms with Crippen molar-refractivity contribution < 1.29 is 14.6 Å². The van der Waals surface area contributed by atoms with E-state index in [1.54, 1.807) is 14.2 Å². The van der Waals surface area contributed by atoms with E-state index in [4.69, 9.17) is 14.5 Å². The van der Waals surface area contributed by atoms with Crippen LogP contribution >= 0.6 is 0 Å². The highest BCUT2D eigenvalue weighted by atomic mass is 16.5. The van der Waals surface area contributed by atoms with Crippen LogP contribution in [0.3, 0.4) is 0 Å². The summed E-state index contributed by atoms with van der Waals surface area (Å²) < 4.78 is 12.7. The average Bonchev–Trinajstić information content (AvgIpc) is 2.98. The molecule has 1 unspecified atom stereocenters. The summed E-state index contributed by atoms with van der Waals surface area (Å²) in [6.45, 7) is 3.98. The number of rotatable bonds is 5. The van der Waals surface area contributed by atoms with Crippen molar-refractivity contribution in [2.75, 3.05) is 14.2 Å². The molecule has 24 heavy (non-hydrogen) atoms. The van der Waals surface area contributed by atoms with Gasteiger partial charge in [-0.1, -0.05) is 13.0 Å². The Bertz CT molecular complexity index is 870. The topological polar surface area (TPSA) is 56.0 Å². The summed E-state index contributed by atoms with van der Waals surface area (Å²) in [5.74, 6) is 1.30. The van der Waals surface area contributed by atoms with Gasteiger partial charge in [-0.3, -0.25) is 0 Å². The first kappa shape index (κ1) is 16.3. The van der Waals surface area contributed by atoms with E-state index in [1.165, 1.54) is 0 Å². The van der Waals surface area contributed by atoms with Gasteiger partial charge in [0.2, 0.25) is 0 Å². The zero-order valence-electron chi connectivity index (χ0n) is 14.4. The summed E-state index contributed by atoms with van der Waals surface area (Å²) in [4.78, 5) is 4.73. The van der Waals surface area contributed by atoms with E-state index in [-0.39, 0.29) is 0 Å². The lowest BCUT2D eigenvalue weighted by molar-refractivity contribution is 0.168. The van der Waals surface area contributed by atoms with Crippen LogP contribution in [-0.2, 0) is 0 Å². The number of pyridine rings is 1. The molecular weight excluding hydrogens is 304 g/mol. The Kier molecular flexibility index (Phi) is 4.44. The number of aliphatic hydroxyl groups is 1. The predicted molar refractivity (Wildman–Crippen MR) is 93.7 cm³/mol. The second-order valence-electron chi connectivity index (χ2n) is 5.77. The van der Waals surface area contributed by atoms with Crippen LogP contribution in [0.15, 0.2) is 36.5 Å². The molecule has 0 radical (unpaired) electrons. The molecule has 1 N–H and O–H groups in total. The van der Waals surface area contributed by atoms with Gasteiger partial charge in [-0.2, -0.15) is 0 Å². The van der Waals surface area contributed by atoms with Crippen LogP contribution in [0.25, 0.3) is 16.9 Å². The smallest absolute Gasteiger partial charge is 0.161 e. The molecule has 0 aliphatic rings. The third-order valence-corrected chi connectivity index (χ3v) is 4.16. The zero-order valence-corrected chi connectivity index (χ0v) is 14.4. The van der Waals surface area contributed by atoms with Crippen molar-refractivity contribution in [3.05, 3.63) is 47.8 Å². The van der Waals surface area contributed by atoms with Crippen LogP contribution < -0.4 is 9.47 Å². The Morgan fingerprint density at radius 3 is 2.54 bits per heavy atom. The first-order valence-corrected chi connectivity index (χ1v) is 7.98. The maximum atomic E-state index is 10.6. The molecule has 2 heterocycles. The van der Waals surface area contributed by atoms with E-state index in [2.05, 4.69) is 0 Å². The molecular formula is C19H22N2O3. The molecule has 5 nitrogen and oxygen atoms in total. The van der Waals surface area contributed by atoms with Gasteiger partial charge in [0.05, 0.1) is 31.7 Å². The Morgan fingerprint density at radius 1 is 1.12 bits per heavy atom. The number of aliphatic hydroxyl groups excluding tert-OH is 1. The maximum absolute atomic E-state index is 10.6. The Morgan fingerprint density at radius 2 is 1.88 bits per heavy atom. The van der Waals surface area contributed by atoms with Gasteiger partial charge in [0.15, 0.2) is 11.5 Å². The lowest BCUT2D eigenvalue weighted by Crippen LogP contribution is -2.02.